The SMILES string of the molecule is CCN(CC)CCNC(=O)C(=O)NC[C@H]1COC2(CCCCC2)O1. The molecule has 24 heavy (non-hydrogen) atoms. The van der Waals surface area contributed by atoms with E-state index >= 15 is 0 Å². The number of hydrogen-bond donors (Lipinski definition) is 2. The van der Waals surface area contributed by atoms with Crippen molar-refractivity contribution in [3.8, 4) is 0 Å². The average molecular weight is 341 g/mol. The van der Waals surface area contributed by atoms with Gasteiger partial charge >= 0.3 is 11.8 Å². The van der Waals surface area contributed by atoms with Crippen LogP contribution in [0, 0.1) is 0 Å². The first kappa shape index (κ1) is 19.1. The van der Waals surface area contributed by atoms with E-state index in [9.17, 15) is 9.59 Å². The van der Waals surface area contributed by atoms with E-state index in [-0.39, 0.29) is 6.10 Å². The summed E-state index contributed by atoms with van der Waals surface area (Å²) in [7, 11) is 0. The van der Waals surface area contributed by atoms with Gasteiger partial charge in [0.25, 0.3) is 0 Å². The number of carbonyl (C=O) groups excluding carboxylic acids is 2. The molecule has 2 rings (SSSR count). The van der Waals surface area contributed by atoms with E-state index < -0.39 is 17.6 Å². The zero-order valence-corrected chi connectivity index (χ0v) is 14.9. The van der Waals surface area contributed by atoms with Gasteiger partial charge in [-0.25, -0.2) is 0 Å². The molecule has 0 aromatic rings. The van der Waals surface area contributed by atoms with Crippen molar-refractivity contribution >= 4 is 11.8 Å². The number of rotatable bonds is 7. The third kappa shape index (κ3) is 5.43. The van der Waals surface area contributed by atoms with Gasteiger partial charge < -0.3 is 25.0 Å². The Hall–Kier alpha value is -1.18. The number of carbonyl (C=O) groups is 2. The molecule has 1 saturated heterocycles. The van der Waals surface area contributed by atoms with Gasteiger partial charge in [0, 0.05) is 32.5 Å². The molecule has 1 atom stereocenters. The molecule has 138 valence electrons. The van der Waals surface area contributed by atoms with Crippen LogP contribution in [-0.4, -0.2) is 67.9 Å². The van der Waals surface area contributed by atoms with Crippen LogP contribution in [0.5, 0.6) is 0 Å². The molecule has 2 amide bonds. The molecule has 0 radical (unpaired) electrons. The highest BCUT2D eigenvalue weighted by molar-refractivity contribution is 6.35. The van der Waals surface area contributed by atoms with Gasteiger partial charge in [-0.1, -0.05) is 20.3 Å². The van der Waals surface area contributed by atoms with Crippen LogP contribution in [0.1, 0.15) is 46.0 Å². The van der Waals surface area contributed by atoms with Gasteiger partial charge in [-0.3, -0.25) is 9.59 Å². The fraction of sp³-hybridized carbons (Fsp3) is 0.882. The van der Waals surface area contributed by atoms with Crippen molar-refractivity contribution in [1.82, 2.24) is 15.5 Å². The Bertz CT molecular complexity index is 420. The van der Waals surface area contributed by atoms with Crippen LogP contribution in [0.2, 0.25) is 0 Å². The quantitative estimate of drug-likeness (QED) is 0.664. The normalized spacial score (nSPS) is 22.7. The fourth-order valence-electron chi connectivity index (χ4n) is 3.30. The van der Waals surface area contributed by atoms with Crippen molar-refractivity contribution in [2.24, 2.45) is 0 Å². The summed E-state index contributed by atoms with van der Waals surface area (Å²) in [6.45, 7) is 8.00. The van der Waals surface area contributed by atoms with Crippen LogP contribution in [0.15, 0.2) is 0 Å². The summed E-state index contributed by atoms with van der Waals surface area (Å²) in [6, 6.07) is 0. The Morgan fingerprint density at radius 2 is 1.75 bits per heavy atom. The second-order valence-electron chi connectivity index (χ2n) is 6.52. The van der Waals surface area contributed by atoms with Crippen LogP contribution in [0.3, 0.4) is 0 Å². The first-order valence-electron chi connectivity index (χ1n) is 9.18. The summed E-state index contributed by atoms with van der Waals surface area (Å²) in [5.41, 5.74) is 0. The van der Waals surface area contributed by atoms with Crippen LogP contribution < -0.4 is 10.6 Å². The maximum absolute atomic E-state index is 11.8. The lowest BCUT2D eigenvalue weighted by atomic mass is 9.94. The number of nitrogens with one attached hydrogen (secondary N) is 2. The van der Waals surface area contributed by atoms with Crippen molar-refractivity contribution < 1.29 is 19.1 Å². The zero-order valence-electron chi connectivity index (χ0n) is 14.9. The summed E-state index contributed by atoms with van der Waals surface area (Å²) >= 11 is 0. The second kappa shape index (κ2) is 9.34. The average Bonchev–Trinajstić information content (AvgIpc) is 2.99. The first-order valence-corrected chi connectivity index (χ1v) is 9.18. The number of nitrogens with zero attached hydrogens (tertiary/aromatic N) is 1. The summed E-state index contributed by atoms with van der Waals surface area (Å²) in [5, 5.41) is 5.29. The molecular weight excluding hydrogens is 310 g/mol. The number of ether oxygens (including phenoxy) is 2. The monoisotopic (exact) mass is 341 g/mol. The molecule has 2 N–H and O–H groups in total. The van der Waals surface area contributed by atoms with Crippen molar-refractivity contribution in [3.63, 3.8) is 0 Å². The maximum Gasteiger partial charge on any atom is 0.309 e. The highest BCUT2D eigenvalue weighted by Crippen LogP contribution is 2.37. The van der Waals surface area contributed by atoms with Gasteiger partial charge in [0.05, 0.1) is 6.61 Å². The van der Waals surface area contributed by atoms with E-state index in [2.05, 4.69) is 29.4 Å². The fourth-order valence-corrected chi connectivity index (χ4v) is 3.30. The maximum atomic E-state index is 11.8. The molecule has 2 fully saturated rings. The third-order valence-electron chi connectivity index (χ3n) is 4.83. The molecule has 0 bridgehead atoms. The summed E-state index contributed by atoms with van der Waals surface area (Å²) in [6.07, 6.45) is 5.13. The van der Waals surface area contributed by atoms with E-state index in [1.165, 1.54) is 6.42 Å². The van der Waals surface area contributed by atoms with Crippen LogP contribution >= 0.6 is 0 Å². The summed E-state index contributed by atoms with van der Waals surface area (Å²) < 4.78 is 11.8. The Morgan fingerprint density at radius 1 is 1.08 bits per heavy atom. The predicted molar refractivity (Wildman–Crippen MR) is 90.4 cm³/mol. The molecule has 0 aromatic carbocycles. The topological polar surface area (TPSA) is 79.9 Å². The lowest BCUT2D eigenvalue weighted by molar-refractivity contribution is -0.186. The minimum Gasteiger partial charge on any atom is -0.347 e. The van der Waals surface area contributed by atoms with Gasteiger partial charge in [0.2, 0.25) is 0 Å². The molecule has 1 aliphatic carbocycles. The van der Waals surface area contributed by atoms with Gasteiger partial charge in [-0.15, -0.1) is 0 Å². The van der Waals surface area contributed by atoms with E-state index in [4.69, 9.17) is 9.47 Å². The smallest absolute Gasteiger partial charge is 0.309 e. The van der Waals surface area contributed by atoms with Crippen molar-refractivity contribution in [2.75, 3.05) is 39.3 Å². The van der Waals surface area contributed by atoms with Crippen LogP contribution in [-0.2, 0) is 19.1 Å². The standard InChI is InChI=1S/C17H31N3O4/c1-3-20(4-2)11-10-18-15(21)16(22)19-12-14-13-23-17(24-14)8-6-5-7-9-17/h14H,3-13H2,1-2H3,(H,18,21)(H,19,22)/t14-/m0/s1. The van der Waals surface area contributed by atoms with E-state index in [0.717, 1.165) is 45.3 Å². The van der Waals surface area contributed by atoms with Crippen molar-refractivity contribution in [3.05, 3.63) is 0 Å². The molecule has 1 heterocycles. The molecule has 0 unspecified atom stereocenters. The van der Waals surface area contributed by atoms with Gasteiger partial charge in [-0.2, -0.15) is 0 Å². The number of hydrogen-bond acceptors (Lipinski definition) is 5. The predicted octanol–water partition coefficient (Wildman–Crippen LogP) is 0.636. The largest absolute Gasteiger partial charge is 0.347 e. The third-order valence-corrected chi connectivity index (χ3v) is 4.83. The van der Waals surface area contributed by atoms with Crippen molar-refractivity contribution in [1.29, 1.82) is 0 Å². The molecule has 7 nitrogen and oxygen atoms in total. The Kier molecular flexibility index (Phi) is 7.45. The molecular formula is C17H31N3O4. The van der Waals surface area contributed by atoms with Crippen LogP contribution in [0.4, 0.5) is 0 Å². The minimum atomic E-state index is -0.609. The summed E-state index contributed by atoms with van der Waals surface area (Å²) in [5.74, 6) is -1.64. The Balaban J connectivity index is 1.63. The van der Waals surface area contributed by atoms with E-state index in [0.29, 0.717) is 19.7 Å². The summed E-state index contributed by atoms with van der Waals surface area (Å²) in [4.78, 5) is 25.8. The molecule has 0 aromatic heterocycles. The first-order chi connectivity index (χ1) is 11.6. The molecule has 1 aliphatic heterocycles. The minimum absolute atomic E-state index is 0.171. The second-order valence-corrected chi connectivity index (χ2v) is 6.52. The zero-order chi connectivity index (χ0) is 17.4. The highest BCUT2D eigenvalue weighted by atomic mass is 16.7. The number of likely N-dealkylation sites (N-methyl/N-ethyl adjacent to an activating group) is 1. The molecule has 2 aliphatic rings. The lowest BCUT2D eigenvalue weighted by Crippen LogP contribution is -2.45. The number of amides is 2. The van der Waals surface area contributed by atoms with Crippen molar-refractivity contribution in [2.45, 2.75) is 57.8 Å². The van der Waals surface area contributed by atoms with E-state index in [1.54, 1.807) is 0 Å². The Morgan fingerprint density at radius 3 is 2.42 bits per heavy atom. The molecule has 1 saturated carbocycles. The molecule has 7 heteroatoms. The van der Waals surface area contributed by atoms with Crippen LogP contribution in [0.25, 0.3) is 0 Å². The molecule has 1 spiro atoms. The lowest BCUT2D eigenvalue weighted by Gasteiger charge is -2.31. The Labute approximate surface area is 144 Å². The van der Waals surface area contributed by atoms with Gasteiger partial charge in [0.1, 0.15) is 6.10 Å². The highest BCUT2D eigenvalue weighted by Gasteiger charge is 2.42. The van der Waals surface area contributed by atoms with E-state index in [1.807, 2.05) is 0 Å². The van der Waals surface area contributed by atoms with Gasteiger partial charge in [-0.05, 0) is 25.9 Å². The van der Waals surface area contributed by atoms with Gasteiger partial charge in [0.15, 0.2) is 5.79 Å².